The van der Waals surface area contributed by atoms with E-state index >= 15 is 0 Å². The Bertz CT molecular complexity index is 5140. The summed E-state index contributed by atoms with van der Waals surface area (Å²) < 4.78 is 49.1. The van der Waals surface area contributed by atoms with Crippen LogP contribution in [0.3, 0.4) is 0 Å². The predicted octanol–water partition coefficient (Wildman–Crippen LogP) is 12.3. The van der Waals surface area contributed by atoms with Gasteiger partial charge in [-0.05, 0) is 125 Å². The Morgan fingerprint density at radius 1 is 0.263 bits per heavy atom. The molecule has 0 aliphatic heterocycles. The first-order valence-electron chi connectivity index (χ1n) is 34.2. The molecule has 27 nitrogen and oxygen atoms in total. The van der Waals surface area contributed by atoms with Gasteiger partial charge in [0.25, 0.3) is 0 Å². The van der Waals surface area contributed by atoms with Gasteiger partial charge in [0, 0.05) is 177 Å². The van der Waals surface area contributed by atoms with Crippen molar-refractivity contribution in [3.8, 4) is 51.7 Å². The van der Waals surface area contributed by atoms with E-state index in [4.69, 9.17) is 94.2 Å². The van der Waals surface area contributed by atoms with Gasteiger partial charge in [0.2, 0.25) is 0 Å². The van der Waals surface area contributed by atoms with Gasteiger partial charge in [0.1, 0.15) is 51.7 Å². The lowest BCUT2D eigenvalue weighted by atomic mass is 9.82. The standard InChI is InChI=1S/C87H77N9O18/c1-9-76(97)106-49-19-28-58(67(88)37-49)82(59-29-20-50(38-68(59)89)107-77(98)10-2)62-32-23-53(41-71(62)92)110-80(101)17-13-15-47(7)86(104)113-56-26-35-65(74(95)44-56)84(64-34-25-55(43-73(64)94)112-85(103)46(5)6)66-36-27-57(45-75(66)96)114-87(105)48(8)16-14-18-81(102)111-54-24-33-63(72(93)42-54)83(60-30-21-51(39-69(60)90)108-78(99)11-3)61-31-22-52(40-70(61)91)109-79(100)12-4/h9-45,82-84H,1-5,88-96H2,6-8H3/b17-13+,18-14+,47-15+,48-16+. The van der Waals surface area contributed by atoms with E-state index in [1.165, 1.54) is 154 Å². The number of rotatable bonds is 29. The molecule has 0 heterocycles. The molecule has 0 saturated heterocycles. The van der Waals surface area contributed by atoms with Crippen LogP contribution in [0.5, 0.6) is 51.7 Å². The summed E-state index contributed by atoms with van der Waals surface area (Å²) in [5.41, 5.74) is 65.8. The molecule has 9 rings (SSSR count). The maximum atomic E-state index is 13.5. The van der Waals surface area contributed by atoms with Crippen LogP contribution in [0.25, 0.3) is 0 Å². The lowest BCUT2D eigenvalue weighted by Crippen LogP contribution is -2.14. The van der Waals surface area contributed by atoms with Crippen LogP contribution in [-0.4, -0.2) is 53.7 Å². The van der Waals surface area contributed by atoms with Crippen LogP contribution in [-0.2, 0) is 43.2 Å². The number of hydrogen-bond acceptors (Lipinski definition) is 27. The lowest BCUT2D eigenvalue weighted by Gasteiger charge is -2.24. The van der Waals surface area contributed by atoms with Crippen LogP contribution in [0.1, 0.15) is 88.6 Å². The number of carbonyl (C=O) groups excluding carboxylic acids is 9. The molecule has 0 spiro atoms. The van der Waals surface area contributed by atoms with E-state index in [2.05, 4.69) is 32.9 Å². The topological polar surface area (TPSA) is 471 Å². The molecule has 9 aromatic rings. The van der Waals surface area contributed by atoms with Crippen molar-refractivity contribution in [1.29, 1.82) is 0 Å². The summed E-state index contributed by atoms with van der Waals surface area (Å²) in [5, 5.41) is 0. The molecule has 0 saturated carbocycles. The van der Waals surface area contributed by atoms with Crippen molar-refractivity contribution in [3.05, 3.63) is 324 Å². The molecule has 578 valence electrons. The van der Waals surface area contributed by atoms with Crippen LogP contribution in [0.4, 0.5) is 51.2 Å². The van der Waals surface area contributed by atoms with Crippen molar-refractivity contribution in [1.82, 2.24) is 0 Å². The fraction of sp³-hybridized carbons (Fsp3) is 0.0690. The highest BCUT2D eigenvalue weighted by Gasteiger charge is 2.30. The summed E-state index contributed by atoms with van der Waals surface area (Å²) in [6.45, 7) is 21.7. The number of anilines is 9. The molecular formula is C87H77N9O18. The van der Waals surface area contributed by atoms with Gasteiger partial charge in [-0.25, -0.2) is 43.2 Å². The van der Waals surface area contributed by atoms with E-state index in [0.29, 0.717) is 50.1 Å². The molecule has 0 radical (unpaired) electrons. The molecule has 0 fully saturated rings. The van der Waals surface area contributed by atoms with Gasteiger partial charge < -0.3 is 94.2 Å². The second-order valence-corrected chi connectivity index (χ2v) is 25.1. The minimum absolute atomic E-state index is 0.0235. The van der Waals surface area contributed by atoms with Crippen molar-refractivity contribution in [2.75, 3.05) is 51.6 Å². The van der Waals surface area contributed by atoms with Crippen LogP contribution in [0.2, 0.25) is 0 Å². The highest BCUT2D eigenvalue weighted by atomic mass is 16.6. The monoisotopic (exact) mass is 1540 g/mol. The summed E-state index contributed by atoms with van der Waals surface area (Å²) >= 11 is 0. The highest BCUT2D eigenvalue weighted by molar-refractivity contribution is 5.93. The Morgan fingerprint density at radius 2 is 0.430 bits per heavy atom. The third-order valence-corrected chi connectivity index (χ3v) is 17.1. The maximum Gasteiger partial charge on any atom is 0.339 e. The average molecular weight is 1540 g/mol. The third-order valence-electron chi connectivity index (χ3n) is 17.1. The molecule has 0 amide bonds. The SMILES string of the molecule is C=CC(=O)Oc1ccc(C(c2ccc(OC(=O)C=C)cc2N)c2ccc(OC(=O)/C=C/C=C(\C)C(=O)Oc3ccc(C(c4ccc(OC(=O)C(=C)C)cc4N)c4ccc(OC(=O)/C(C)=C/C=C/C(=O)Oc5ccc(C(c6ccc(OC(=O)C=C)cc6N)c6ccc(OC(=O)C=C)cc6N)c(N)c5)cc4N)c(N)c3)cc2N)c(N)c1. The third kappa shape index (κ3) is 20.6. The first-order valence-corrected chi connectivity index (χ1v) is 34.2. The zero-order valence-corrected chi connectivity index (χ0v) is 61.7. The Kier molecular flexibility index (Phi) is 26.5. The second kappa shape index (κ2) is 36.8. The van der Waals surface area contributed by atoms with Gasteiger partial charge in [-0.3, -0.25) is 0 Å². The van der Waals surface area contributed by atoms with Crippen LogP contribution >= 0.6 is 0 Å². The summed E-state index contributed by atoms with van der Waals surface area (Å²) in [6.07, 6.45) is 11.3. The number of nitrogen functional groups attached to an aromatic ring is 9. The predicted molar refractivity (Wildman–Crippen MR) is 433 cm³/mol. The zero-order valence-electron chi connectivity index (χ0n) is 61.7. The van der Waals surface area contributed by atoms with Crippen molar-refractivity contribution in [3.63, 3.8) is 0 Å². The maximum absolute atomic E-state index is 13.5. The lowest BCUT2D eigenvalue weighted by molar-refractivity contribution is -0.131. The Balaban J connectivity index is 0.873. The normalized spacial score (nSPS) is 11.6. The minimum atomic E-state index is -0.871. The molecule has 0 unspecified atom stereocenters. The van der Waals surface area contributed by atoms with Gasteiger partial charge in [0.05, 0.1) is 0 Å². The fourth-order valence-corrected chi connectivity index (χ4v) is 11.6. The number of ether oxygens (including phenoxy) is 9. The van der Waals surface area contributed by atoms with Crippen LogP contribution in [0, 0.1) is 0 Å². The second-order valence-electron chi connectivity index (χ2n) is 25.1. The number of allylic oxidation sites excluding steroid dienone is 4. The summed E-state index contributed by atoms with van der Waals surface area (Å²) in [4.78, 5) is 114. The number of nitrogens with two attached hydrogens (primary N) is 9. The molecule has 114 heavy (non-hydrogen) atoms. The fourth-order valence-electron chi connectivity index (χ4n) is 11.6. The molecule has 9 aromatic carbocycles. The van der Waals surface area contributed by atoms with Crippen molar-refractivity contribution in [2.24, 2.45) is 0 Å². The molecule has 18 N–H and O–H groups in total. The largest absolute Gasteiger partial charge is 0.423 e. The van der Waals surface area contributed by atoms with Crippen molar-refractivity contribution in [2.45, 2.75) is 38.5 Å². The molecule has 27 heteroatoms. The molecule has 0 aliphatic carbocycles. The Hall–Kier alpha value is -15.9. The number of carbonyl (C=O) groups is 9. The van der Waals surface area contributed by atoms with E-state index in [1.54, 1.807) is 54.6 Å². The van der Waals surface area contributed by atoms with E-state index < -0.39 is 71.5 Å². The summed E-state index contributed by atoms with van der Waals surface area (Å²) in [5.74, 6) is -8.40. The van der Waals surface area contributed by atoms with Gasteiger partial charge in [-0.1, -0.05) is 112 Å². The van der Waals surface area contributed by atoms with E-state index in [0.717, 1.165) is 36.5 Å². The van der Waals surface area contributed by atoms with Gasteiger partial charge in [-0.15, -0.1) is 0 Å². The summed E-state index contributed by atoms with van der Waals surface area (Å²) in [7, 11) is 0. The zero-order chi connectivity index (χ0) is 82.8. The molecular weight excluding hydrogens is 1460 g/mol. The molecule has 0 aliphatic rings. The van der Waals surface area contributed by atoms with Crippen LogP contribution in [0.15, 0.2) is 274 Å². The minimum Gasteiger partial charge on any atom is -0.423 e. The van der Waals surface area contributed by atoms with E-state index in [9.17, 15) is 43.2 Å². The Morgan fingerprint density at radius 3 is 0.596 bits per heavy atom. The van der Waals surface area contributed by atoms with E-state index in [1.807, 2.05) is 0 Å². The van der Waals surface area contributed by atoms with Crippen LogP contribution < -0.4 is 94.2 Å². The number of hydrogen-bond donors (Lipinski definition) is 9. The highest BCUT2D eigenvalue weighted by Crippen LogP contribution is 2.47. The first kappa shape index (κ1) is 82.1. The van der Waals surface area contributed by atoms with Gasteiger partial charge in [-0.2, -0.15) is 0 Å². The Labute approximate surface area is 653 Å². The van der Waals surface area contributed by atoms with E-state index in [-0.39, 0.29) is 120 Å². The molecule has 0 bridgehead atoms. The smallest absolute Gasteiger partial charge is 0.339 e. The molecule has 0 atom stereocenters. The quantitative estimate of drug-likeness (QED) is 0.00525. The van der Waals surface area contributed by atoms with Crippen molar-refractivity contribution >= 4 is 105 Å². The van der Waals surface area contributed by atoms with Gasteiger partial charge >= 0.3 is 53.7 Å². The molecule has 0 aromatic heterocycles. The van der Waals surface area contributed by atoms with Gasteiger partial charge in [0.15, 0.2) is 0 Å². The number of benzene rings is 9. The summed E-state index contributed by atoms with van der Waals surface area (Å²) in [6, 6.07) is 41.0. The van der Waals surface area contributed by atoms with Crippen molar-refractivity contribution < 1.29 is 85.8 Å². The number of esters is 9. The first-order chi connectivity index (χ1) is 54.3. The average Bonchev–Trinajstić information content (AvgIpc) is 0.786.